The number of aryl methyl sites for hydroxylation is 1. The van der Waals surface area contributed by atoms with Crippen LogP contribution in [0.5, 0.6) is 0 Å². The minimum absolute atomic E-state index is 0.0671. The van der Waals surface area contributed by atoms with Gasteiger partial charge in [-0.05, 0) is 35.2 Å². The molecular weight excluding hydrogens is 306 g/mol. The predicted octanol–water partition coefficient (Wildman–Crippen LogP) is 3.40. The number of aliphatic hydroxyl groups excluding tert-OH is 1. The molecule has 0 unspecified atom stereocenters. The second kappa shape index (κ2) is 7.80. The summed E-state index contributed by atoms with van der Waals surface area (Å²) in [7, 11) is 0. The summed E-state index contributed by atoms with van der Waals surface area (Å²) in [5.74, 6) is 1.67. The SMILES string of the molecule is CCCc1nc(Br)cc(NCC(CC)(CC)CO)n1. The van der Waals surface area contributed by atoms with Crippen molar-refractivity contribution in [1.29, 1.82) is 0 Å². The van der Waals surface area contributed by atoms with Gasteiger partial charge < -0.3 is 10.4 Å². The Morgan fingerprint density at radius 3 is 2.47 bits per heavy atom. The van der Waals surface area contributed by atoms with Crippen LogP contribution in [-0.4, -0.2) is 28.2 Å². The minimum Gasteiger partial charge on any atom is -0.396 e. The molecule has 0 saturated carbocycles. The molecule has 0 amide bonds. The fraction of sp³-hybridized carbons (Fsp3) is 0.714. The molecule has 0 fully saturated rings. The van der Waals surface area contributed by atoms with Crippen LogP contribution in [0.4, 0.5) is 5.82 Å². The Morgan fingerprint density at radius 1 is 1.26 bits per heavy atom. The van der Waals surface area contributed by atoms with Crippen LogP contribution in [0.1, 0.15) is 45.9 Å². The average Bonchev–Trinajstić information content (AvgIpc) is 2.41. The molecule has 1 rings (SSSR count). The van der Waals surface area contributed by atoms with Crippen LogP contribution < -0.4 is 5.32 Å². The summed E-state index contributed by atoms with van der Waals surface area (Å²) in [5, 5.41) is 12.9. The van der Waals surface area contributed by atoms with E-state index >= 15 is 0 Å². The second-order valence-corrected chi connectivity index (χ2v) is 5.77. The molecule has 108 valence electrons. The molecule has 0 atom stereocenters. The largest absolute Gasteiger partial charge is 0.396 e. The van der Waals surface area contributed by atoms with Crippen LogP contribution in [0.2, 0.25) is 0 Å². The molecule has 0 radical (unpaired) electrons. The van der Waals surface area contributed by atoms with Crippen molar-refractivity contribution in [3.63, 3.8) is 0 Å². The summed E-state index contributed by atoms with van der Waals surface area (Å²) in [5.41, 5.74) is -0.0671. The summed E-state index contributed by atoms with van der Waals surface area (Å²) in [4.78, 5) is 8.84. The summed E-state index contributed by atoms with van der Waals surface area (Å²) in [6, 6.07) is 1.88. The molecule has 0 aliphatic heterocycles. The van der Waals surface area contributed by atoms with Gasteiger partial charge in [-0.3, -0.25) is 0 Å². The number of halogens is 1. The number of hydrogen-bond acceptors (Lipinski definition) is 4. The number of hydrogen-bond donors (Lipinski definition) is 2. The number of anilines is 1. The number of rotatable bonds is 8. The Kier molecular flexibility index (Phi) is 6.72. The third-order valence-electron chi connectivity index (χ3n) is 3.69. The van der Waals surface area contributed by atoms with Crippen molar-refractivity contribution in [2.45, 2.75) is 46.5 Å². The summed E-state index contributed by atoms with van der Waals surface area (Å²) >= 11 is 3.41. The van der Waals surface area contributed by atoms with E-state index in [-0.39, 0.29) is 12.0 Å². The maximum Gasteiger partial charge on any atom is 0.132 e. The standard InChI is InChI=1S/C14H24BrN3O/c1-4-7-12-17-11(15)8-13(18-12)16-9-14(5-2,6-3)10-19/h8,19H,4-7,9-10H2,1-3H3,(H,16,17,18). The molecule has 1 aromatic heterocycles. The van der Waals surface area contributed by atoms with E-state index in [2.05, 4.69) is 52.0 Å². The van der Waals surface area contributed by atoms with E-state index in [1.165, 1.54) is 0 Å². The molecule has 4 nitrogen and oxygen atoms in total. The first-order valence-corrected chi connectivity index (χ1v) is 7.76. The maximum atomic E-state index is 9.57. The normalized spacial score (nSPS) is 11.6. The van der Waals surface area contributed by atoms with Crippen molar-refractivity contribution in [2.24, 2.45) is 5.41 Å². The number of nitrogens with zero attached hydrogens (tertiary/aromatic N) is 2. The molecule has 0 aromatic carbocycles. The van der Waals surface area contributed by atoms with Gasteiger partial charge in [0, 0.05) is 24.4 Å². The molecule has 0 bridgehead atoms. The van der Waals surface area contributed by atoms with Crippen molar-refractivity contribution >= 4 is 21.7 Å². The van der Waals surface area contributed by atoms with Crippen LogP contribution in [0.3, 0.4) is 0 Å². The third-order valence-corrected chi connectivity index (χ3v) is 4.10. The molecular formula is C14H24BrN3O. The Balaban J connectivity index is 2.76. The van der Waals surface area contributed by atoms with Crippen molar-refractivity contribution in [2.75, 3.05) is 18.5 Å². The van der Waals surface area contributed by atoms with Gasteiger partial charge in [0.05, 0.1) is 6.61 Å². The van der Waals surface area contributed by atoms with E-state index in [4.69, 9.17) is 0 Å². The van der Waals surface area contributed by atoms with Crippen molar-refractivity contribution in [1.82, 2.24) is 9.97 Å². The second-order valence-electron chi connectivity index (χ2n) is 4.96. The molecule has 0 aliphatic rings. The zero-order valence-electron chi connectivity index (χ0n) is 12.0. The van der Waals surface area contributed by atoms with E-state index in [1.807, 2.05) is 6.07 Å². The highest BCUT2D eigenvalue weighted by molar-refractivity contribution is 9.10. The molecule has 1 aromatic rings. The van der Waals surface area contributed by atoms with Crippen LogP contribution in [-0.2, 0) is 6.42 Å². The lowest BCUT2D eigenvalue weighted by Gasteiger charge is -2.29. The predicted molar refractivity (Wildman–Crippen MR) is 82.3 cm³/mol. The molecule has 0 spiro atoms. The fourth-order valence-corrected chi connectivity index (χ4v) is 2.37. The van der Waals surface area contributed by atoms with Crippen molar-refractivity contribution in [3.8, 4) is 0 Å². The van der Waals surface area contributed by atoms with E-state index in [0.717, 1.165) is 48.5 Å². The fourth-order valence-electron chi connectivity index (χ4n) is 1.95. The first-order valence-electron chi connectivity index (χ1n) is 6.97. The molecule has 0 saturated heterocycles. The van der Waals surface area contributed by atoms with E-state index < -0.39 is 0 Å². The van der Waals surface area contributed by atoms with Crippen LogP contribution in [0, 0.1) is 5.41 Å². The topological polar surface area (TPSA) is 58.0 Å². The van der Waals surface area contributed by atoms with Crippen LogP contribution >= 0.6 is 15.9 Å². The molecule has 2 N–H and O–H groups in total. The summed E-state index contributed by atoms with van der Waals surface area (Å²) in [6.45, 7) is 7.26. The van der Waals surface area contributed by atoms with Crippen molar-refractivity contribution < 1.29 is 5.11 Å². The van der Waals surface area contributed by atoms with Gasteiger partial charge in [-0.15, -0.1) is 0 Å². The monoisotopic (exact) mass is 329 g/mol. The lowest BCUT2D eigenvalue weighted by Crippen LogP contribution is -2.32. The Labute approximate surface area is 124 Å². The number of aromatic nitrogens is 2. The molecule has 1 heterocycles. The zero-order chi connectivity index (χ0) is 14.3. The minimum atomic E-state index is -0.0671. The van der Waals surface area contributed by atoms with Gasteiger partial charge in [0.1, 0.15) is 16.2 Å². The summed E-state index contributed by atoms with van der Waals surface area (Å²) in [6.07, 6.45) is 3.79. The first kappa shape index (κ1) is 16.4. The highest BCUT2D eigenvalue weighted by atomic mass is 79.9. The van der Waals surface area contributed by atoms with E-state index in [0.29, 0.717) is 0 Å². The van der Waals surface area contributed by atoms with Gasteiger partial charge in [0.2, 0.25) is 0 Å². The molecule has 19 heavy (non-hydrogen) atoms. The quantitative estimate of drug-likeness (QED) is 0.717. The highest BCUT2D eigenvalue weighted by Crippen LogP contribution is 2.26. The number of aliphatic hydroxyl groups is 1. The van der Waals surface area contributed by atoms with Gasteiger partial charge in [-0.25, -0.2) is 9.97 Å². The van der Waals surface area contributed by atoms with Crippen molar-refractivity contribution in [3.05, 3.63) is 16.5 Å². The molecule has 5 heteroatoms. The van der Waals surface area contributed by atoms with Crippen LogP contribution in [0.25, 0.3) is 0 Å². The lowest BCUT2D eigenvalue weighted by atomic mass is 9.83. The number of nitrogens with one attached hydrogen (secondary N) is 1. The molecule has 0 aliphatic carbocycles. The summed E-state index contributed by atoms with van der Waals surface area (Å²) < 4.78 is 0.802. The van der Waals surface area contributed by atoms with Gasteiger partial charge in [-0.2, -0.15) is 0 Å². The lowest BCUT2D eigenvalue weighted by molar-refractivity contribution is 0.127. The Bertz CT molecular complexity index is 386. The van der Waals surface area contributed by atoms with E-state index in [9.17, 15) is 5.11 Å². The Morgan fingerprint density at radius 2 is 1.95 bits per heavy atom. The maximum absolute atomic E-state index is 9.57. The smallest absolute Gasteiger partial charge is 0.132 e. The van der Waals surface area contributed by atoms with E-state index in [1.54, 1.807) is 0 Å². The highest BCUT2D eigenvalue weighted by Gasteiger charge is 2.25. The third kappa shape index (κ3) is 4.73. The first-order chi connectivity index (χ1) is 9.09. The van der Waals surface area contributed by atoms with Gasteiger partial charge in [-0.1, -0.05) is 20.8 Å². The average molecular weight is 330 g/mol. The van der Waals surface area contributed by atoms with Gasteiger partial charge in [0.25, 0.3) is 0 Å². The Hall–Kier alpha value is -0.680. The van der Waals surface area contributed by atoms with Crippen LogP contribution in [0.15, 0.2) is 10.7 Å². The van der Waals surface area contributed by atoms with Gasteiger partial charge in [0.15, 0.2) is 0 Å². The zero-order valence-corrected chi connectivity index (χ0v) is 13.6. The van der Waals surface area contributed by atoms with Gasteiger partial charge >= 0.3 is 0 Å².